The predicted molar refractivity (Wildman–Crippen MR) is 80.2 cm³/mol. The number of aliphatic hydroxyl groups is 1. The van der Waals surface area contributed by atoms with Crippen molar-refractivity contribution in [3.05, 3.63) is 36.0 Å². The molecule has 0 aliphatic heterocycles. The van der Waals surface area contributed by atoms with Crippen LogP contribution in [-0.4, -0.2) is 22.8 Å². The Balaban J connectivity index is 2.19. The minimum absolute atomic E-state index is 0.243. The van der Waals surface area contributed by atoms with Gasteiger partial charge in [-0.15, -0.1) is 0 Å². The first-order valence-electron chi connectivity index (χ1n) is 7.10. The molecule has 0 amide bonds. The van der Waals surface area contributed by atoms with E-state index in [1.54, 1.807) is 0 Å². The highest BCUT2D eigenvalue weighted by Crippen LogP contribution is 2.20. The second-order valence-electron chi connectivity index (χ2n) is 5.47. The van der Waals surface area contributed by atoms with Gasteiger partial charge >= 0.3 is 0 Å². The van der Waals surface area contributed by atoms with Crippen molar-refractivity contribution in [3.63, 3.8) is 0 Å². The number of fused-ring (bicyclic) bond motifs is 1. The maximum absolute atomic E-state index is 8.98. The van der Waals surface area contributed by atoms with Crippen LogP contribution in [0, 0.1) is 5.92 Å². The summed E-state index contributed by atoms with van der Waals surface area (Å²) in [5, 5.41) is 13.8. The number of benzene rings is 1. The van der Waals surface area contributed by atoms with Crippen LogP contribution >= 0.6 is 0 Å². The van der Waals surface area contributed by atoms with E-state index < -0.39 is 0 Å². The van der Waals surface area contributed by atoms with Gasteiger partial charge in [-0.1, -0.05) is 32.0 Å². The number of aliphatic hydroxyl groups excluding tert-OH is 1. The monoisotopic (exact) mass is 260 g/mol. The Morgan fingerprint density at radius 2 is 2.11 bits per heavy atom. The zero-order valence-electron chi connectivity index (χ0n) is 11.9. The average Bonchev–Trinajstić information content (AvgIpc) is 2.80. The van der Waals surface area contributed by atoms with E-state index in [9.17, 15) is 0 Å². The Bertz CT molecular complexity index is 516. The number of aromatic nitrogens is 1. The SMILES string of the molecule is CC(C)CNCc1cccc2ccn(CCCO)c12. The fraction of sp³-hybridized carbons (Fsp3) is 0.500. The molecule has 1 aromatic heterocycles. The van der Waals surface area contributed by atoms with Gasteiger partial charge in [-0.2, -0.15) is 0 Å². The van der Waals surface area contributed by atoms with Gasteiger partial charge in [0.15, 0.2) is 0 Å². The van der Waals surface area contributed by atoms with Gasteiger partial charge in [0.25, 0.3) is 0 Å². The van der Waals surface area contributed by atoms with E-state index in [4.69, 9.17) is 5.11 Å². The number of nitrogens with one attached hydrogen (secondary N) is 1. The van der Waals surface area contributed by atoms with E-state index in [-0.39, 0.29) is 6.61 Å². The summed E-state index contributed by atoms with van der Waals surface area (Å²) in [5.74, 6) is 0.667. The normalized spacial score (nSPS) is 11.6. The van der Waals surface area contributed by atoms with Crippen LogP contribution in [0.1, 0.15) is 25.8 Å². The summed E-state index contributed by atoms with van der Waals surface area (Å²) in [6.07, 6.45) is 2.92. The summed E-state index contributed by atoms with van der Waals surface area (Å²) in [6, 6.07) is 8.60. The molecular formula is C16H24N2O. The lowest BCUT2D eigenvalue weighted by atomic mass is 10.1. The van der Waals surface area contributed by atoms with Crippen LogP contribution in [0.4, 0.5) is 0 Å². The Kier molecular flexibility index (Phi) is 5.00. The summed E-state index contributed by atoms with van der Waals surface area (Å²) in [7, 11) is 0. The largest absolute Gasteiger partial charge is 0.396 e. The van der Waals surface area contributed by atoms with Crippen molar-refractivity contribution < 1.29 is 5.11 Å². The minimum atomic E-state index is 0.243. The molecule has 0 fully saturated rings. The van der Waals surface area contributed by atoms with E-state index in [0.29, 0.717) is 5.92 Å². The third kappa shape index (κ3) is 3.58. The summed E-state index contributed by atoms with van der Waals surface area (Å²) < 4.78 is 2.25. The first-order chi connectivity index (χ1) is 9.22. The molecular weight excluding hydrogens is 236 g/mol. The van der Waals surface area contributed by atoms with Gasteiger partial charge in [0.05, 0.1) is 5.52 Å². The molecule has 19 heavy (non-hydrogen) atoms. The van der Waals surface area contributed by atoms with Crippen molar-refractivity contribution in [2.75, 3.05) is 13.2 Å². The maximum atomic E-state index is 8.98. The van der Waals surface area contributed by atoms with E-state index in [1.165, 1.54) is 16.5 Å². The summed E-state index contributed by atoms with van der Waals surface area (Å²) in [4.78, 5) is 0. The van der Waals surface area contributed by atoms with Crippen molar-refractivity contribution in [2.24, 2.45) is 5.92 Å². The van der Waals surface area contributed by atoms with Gasteiger partial charge in [0.2, 0.25) is 0 Å². The van der Waals surface area contributed by atoms with E-state index in [1.807, 2.05) is 0 Å². The van der Waals surface area contributed by atoms with Gasteiger partial charge < -0.3 is 15.0 Å². The molecule has 3 heteroatoms. The quantitative estimate of drug-likeness (QED) is 0.803. The van der Waals surface area contributed by atoms with Crippen LogP contribution < -0.4 is 5.32 Å². The lowest BCUT2D eigenvalue weighted by Crippen LogP contribution is -2.19. The molecule has 1 aromatic carbocycles. The molecule has 2 N–H and O–H groups in total. The lowest BCUT2D eigenvalue weighted by Gasteiger charge is -2.11. The molecule has 0 unspecified atom stereocenters. The van der Waals surface area contributed by atoms with Crippen molar-refractivity contribution in [3.8, 4) is 0 Å². The van der Waals surface area contributed by atoms with Crippen LogP contribution in [0.25, 0.3) is 10.9 Å². The van der Waals surface area contributed by atoms with E-state index >= 15 is 0 Å². The maximum Gasteiger partial charge on any atom is 0.0525 e. The van der Waals surface area contributed by atoms with Crippen LogP contribution in [-0.2, 0) is 13.1 Å². The first kappa shape index (κ1) is 14.1. The van der Waals surface area contributed by atoms with E-state index in [2.05, 4.69) is 54.2 Å². The number of para-hydroxylation sites is 1. The number of hydrogen-bond acceptors (Lipinski definition) is 2. The van der Waals surface area contributed by atoms with Gasteiger partial charge in [-0.3, -0.25) is 0 Å². The van der Waals surface area contributed by atoms with Gasteiger partial charge in [0, 0.05) is 25.9 Å². The van der Waals surface area contributed by atoms with Crippen molar-refractivity contribution in [2.45, 2.75) is 33.4 Å². The molecule has 0 saturated carbocycles. The third-order valence-electron chi connectivity index (χ3n) is 3.30. The van der Waals surface area contributed by atoms with E-state index in [0.717, 1.165) is 26.1 Å². The Labute approximate surface area is 115 Å². The fourth-order valence-electron chi connectivity index (χ4n) is 2.41. The number of aryl methyl sites for hydroxylation is 1. The standard InChI is InChI=1S/C16H24N2O/c1-13(2)11-17-12-15-6-3-5-14-7-9-18(16(14)15)8-4-10-19/h3,5-7,9,13,17,19H,4,8,10-12H2,1-2H3. The molecule has 0 bridgehead atoms. The molecule has 0 aliphatic rings. The number of rotatable bonds is 7. The highest BCUT2D eigenvalue weighted by molar-refractivity contribution is 5.83. The van der Waals surface area contributed by atoms with Crippen molar-refractivity contribution in [1.82, 2.24) is 9.88 Å². The van der Waals surface area contributed by atoms with Gasteiger partial charge in [-0.05, 0) is 35.9 Å². The molecule has 2 aromatic rings. The molecule has 104 valence electrons. The zero-order valence-corrected chi connectivity index (χ0v) is 11.9. The minimum Gasteiger partial charge on any atom is -0.396 e. The highest BCUT2D eigenvalue weighted by atomic mass is 16.3. The van der Waals surface area contributed by atoms with Crippen molar-refractivity contribution >= 4 is 10.9 Å². The van der Waals surface area contributed by atoms with Crippen LogP contribution in [0.2, 0.25) is 0 Å². The van der Waals surface area contributed by atoms with Crippen LogP contribution in [0.15, 0.2) is 30.5 Å². The smallest absolute Gasteiger partial charge is 0.0525 e. The first-order valence-corrected chi connectivity index (χ1v) is 7.10. The summed E-state index contributed by atoms with van der Waals surface area (Å²) in [5.41, 5.74) is 2.63. The average molecular weight is 260 g/mol. The number of nitrogens with zero attached hydrogens (tertiary/aromatic N) is 1. The topological polar surface area (TPSA) is 37.2 Å². The molecule has 0 spiro atoms. The third-order valence-corrected chi connectivity index (χ3v) is 3.30. The Morgan fingerprint density at radius 3 is 2.84 bits per heavy atom. The molecule has 0 radical (unpaired) electrons. The lowest BCUT2D eigenvalue weighted by molar-refractivity contribution is 0.280. The molecule has 0 aliphatic carbocycles. The Hall–Kier alpha value is -1.32. The van der Waals surface area contributed by atoms with Crippen LogP contribution in [0.5, 0.6) is 0 Å². The molecule has 0 saturated heterocycles. The predicted octanol–water partition coefficient (Wildman–Crippen LogP) is 2.77. The highest BCUT2D eigenvalue weighted by Gasteiger charge is 2.06. The van der Waals surface area contributed by atoms with Gasteiger partial charge in [0.1, 0.15) is 0 Å². The second kappa shape index (κ2) is 6.73. The number of hydrogen-bond donors (Lipinski definition) is 2. The zero-order chi connectivity index (χ0) is 13.7. The van der Waals surface area contributed by atoms with Crippen molar-refractivity contribution in [1.29, 1.82) is 0 Å². The van der Waals surface area contributed by atoms with Crippen LogP contribution in [0.3, 0.4) is 0 Å². The molecule has 1 heterocycles. The molecule has 3 nitrogen and oxygen atoms in total. The summed E-state index contributed by atoms with van der Waals surface area (Å²) in [6.45, 7) is 7.50. The van der Waals surface area contributed by atoms with Gasteiger partial charge in [-0.25, -0.2) is 0 Å². The fourth-order valence-corrected chi connectivity index (χ4v) is 2.41. The molecule has 0 atom stereocenters. The summed E-state index contributed by atoms with van der Waals surface area (Å²) >= 11 is 0. The second-order valence-corrected chi connectivity index (χ2v) is 5.47. The molecule has 2 rings (SSSR count). The Morgan fingerprint density at radius 1 is 1.26 bits per heavy atom.